The molecule has 0 bridgehead atoms. The molecule has 0 radical (unpaired) electrons. The Morgan fingerprint density at radius 1 is 1.50 bits per heavy atom. The molecule has 0 saturated carbocycles. The van der Waals surface area contributed by atoms with Gasteiger partial charge >= 0.3 is 5.97 Å². The van der Waals surface area contributed by atoms with Crippen molar-refractivity contribution >= 4 is 11.9 Å². The van der Waals surface area contributed by atoms with Crippen LogP contribution in [0.15, 0.2) is 4.52 Å². The summed E-state index contributed by atoms with van der Waals surface area (Å²) in [7, 11) is 0. The van der Waals surface area contributed by atoms with Crippen molar-refractivity contribution in [3.8, 4) is 0 Å². The number of hydrogen-bond acceptors (Lipinski definition) is 6. The second-order valence-corrected chi connectivity index (χ2v) is 3.78. The third kappa shape index (κ3) is 4.91. The average Bonchev–Trinajstić information content (AvgIpc) is 2.68. The fourth-order valence-electron chi connectivity index (χ4n) is 1.33. The van der Waals surface area contributed by atoms with E-state index in [9.17, 15) is 9.59 Å². The van der Waals surface area contributed by atoms with Crippen LogP contribution in [0.5, 0.6) is 0 Å². The van der Waals surface area contributed by atoms with Crippen LogP contribution in [0.1, 0.15) is 18.6 Å². The quantitative estimate of drug-likeness (QED) is 0.541. The summed E-state index contributed by atoms with van der Waals surface area (Å²) in [6.45, 7) is 3.63. The molecule has 8 heteroatoms. The van der Waals surface area contributed by atoms with Crippen molar-refractivity contribution in [2.75, 3.05) is 13.1 Å². The van der Waals surface area contributed by atoms with Crippen LogP contribution in [0.3, 0.4) is 0 Å². The Morgan fingerprint density at radius 2 is 2.22 bits per heavy atom. The van der Waals surface area contributed by atoms with E-state index in [-0.39, 0.29) is 12.5 Å². The number of carbonyl (C=O) groups is 2. The topological polar surface area (TPSA) is 117 Å². The van der Waals surface area contributed by atoms with Crippen LogP contribution >= 0.6 is 0 Å². The molecule has 0 aromatic carbocycles. The highest BCUT2D eigenvalue weighted by Crippen LogP contribution is 1.95. The smallest absolute Gasteiger partial charge is 0.327 e. The van der Waals surface area contributed by atoms with Gasteiger partial charge in [-0.05, 0) is 6.92 Å². The second-order valence-electron chi connectivity index (χ2n) is 3.78. The molecular formula is C10H16N4O4. The predicted octanol–water partition coefficient (Wildman–Crippen LogP) is -0.901. The average molecular weight is 256 g/mol. The summed E-state index contributed by atoms with van der Waals surface area (Å²) in [4.78, 5) is 25.6. The van der Waals surface area contributed by atoms with Crippen LogP contribution in [0.25, 0.3) is 0 Å². The van der Waals surface area contributed by atoms with Crippen LogP contribution in [0.4, 0.5) is 0 Å². The van der Waals surface area contributed by atoms with Gasteiger partial charge in [-0.3, -0.25) is 4.79 Å². The van der Waals surface area contributed by atoms with Gasteiger partial charge in [-0.1, -0.05) is 5.16 Å². The summed E-state index contributed by atoms with van der Waals surface area (Å²) in [6, 6.07) is -0.938. The maximum Gasteiger partial charge on any atom is 0.327 e. The minimum absolute atomic E-state index is 0.141. The number of amides is 1. The molecule has 0 aliphatic rings. The van der Waals surface area contributed by atoms with Crippen LogP contribution in [0.2, 0.25) is 0 Å². The fourth-order valence-corrected chi connectivity index (χ4v) is 1.33. The molecule has 1 atom stereocenters. The van der Waals surface area contributed by atoms with Gasteiger partial charge in [0.05, 0.1) is 0 Å². The highest BCUT2D eigenvalue weighted by Gasteiger charge is 2.17. The Labute approximate surface area is 104 Å². The normalized spacial score (nSPS) is 12.1. The molecular weight excluding hydrogens is 240 g/mol. The van der Waals surface area contributed by atoms with Crippen LogP contribution in [-0.2, 0) is 16.0 Å². The molecule has 0 fully saturated rings. The van der Waals surface area contributed by atoms with Gasteiger partial charge < -0.3 is 20.3 Å². The molecule has 1 aromatic heterocycles. The molecule has 100 valence electrons. The number of carboxylic acids is 1. The number of hydrogen-bond donors (Lipinski definition) is 3. The van der Waals surface area contributed by atoms with Gasteiger partial charge in [0, 0.05) is 26.4 Å². The molecule has 3 N–H and O–H groups in total. The van der Waals surface area contributed by atoms with E-state index < -0.39 is 12.0 Å². The Hall–Kier alpha value is -1.96. The number of nitrogens with zero attached hydrogens (tertiary/aromatic N) is 2. The summed E-state index contributed by atoms with van der Waals surface area (Å²) < 4.78 is 4.90. The molecule has 0 spiro atoms. The largest absolute Gasteiger partial charge is 0.480 e. The number of rotatable bonds is 7. The van der Waals surface area contributed by atoms with E-state index in [1.807, 2.05) is 0 Å². The van der Waals surface area contributed by atoms with Gasteiger partial charge in [-0.25, -0.2) is 4.79 Å². The molecule has 0 saturated heterocycles. The van der Waals surface area contributed by atoms with Gasteiger partial charge in [0.2, 0.25) is 11.8 Å². The lowest BCUT2D eigenvalue weighted by Crippen LogP contribution is -2.46. The Balaban J connectivity index is 2.26. The first-order valence-corrected chi connectivity index (χ1v) is 5.49. The number of carboxylic acid groups (broad SMARTS) is 1. The molecule has 8 nitrogen and oxygen atoms in total. The lowest BCUT2D eigenvalue weighted by atomic mass is 10.3. The number of nitrogens with one attached hydrogen (secondary N) is 2. The highest BCUT2D eigenvalue weighted by molar-refractivity contribution is 5.82. The van der Waals surface area contributed by atoms with Crippen molar-refractivity contribution < 1.29 is 19.2 Å². The minimum atomic E-state index is -1.08. The summed E-state index contributed by atoms with van der Waals surface area (Å²) in [5.74, 6) is -0.402. The first-order chi connectivity index (χ1) is 8.49. The molecule has 1 unspecified atom stereocenters. The van der Waals surface area contributed by atoms with Gasteiger partial charge in [0.1, 0.15) is 6.04 Å². The zero-order valence-corrected chi connectivity index (χ0v) is 10.3. The van der Waals surface area contributed by atoms with E-state index >= 15 is 0 Å². The minimum Gasteiger partial charge on any atom is -0.480 e. The van der Waals surface area contributed by atoms with Crippen molar-refractivity contribution in [2.45, 2.75) is 26.3 Å². The zero-order valence-electron chi connectivity index (χ0n) is 10.3. The van der Waals surface area contributed by atoms with Crippen molar-refractivity contribution in [3.05, 3.63) is 11.7 Å². The Kier molecular flexibility index (Phi) is 5.25. The standard InChI is InChI=1S/C10H16N4O4/c1-6-12-9(18-14-6)3-4-11-5-8(10(16)17)13-7(2)15/h8,11H,3-5H2,1-2H3,(H,13,15)(H,16,17). The lowest BCUT2D eigenvalue weighted by molar-refractivity contribution is -0.141. The molecule has 1 rings (SSSR count). The van der Waals surface area contributed by atoms with Crippen molar-refractivity contribution in [3.63, 3.8) is 0 Å². The van der Waals surface area contributed by atoms with Crippen LogP contribution in [0, 0.1) is 6.92 Å². The number of aryl methyl sites for hydroxylation is 1. The predicted molar refractivity (Wildman–Crippen MR) is 60.8 cm³/mol. The van der Waals surface area contributed by atoms with Crippen molar-refractivity contribution in [1.82, 2.24) is 20.8 Å². The summed E-state index contributed by atoms with van der Waals surface area (Å²) in [5.41, 5.74) is 0. The molecule has 18 heavy (non-hydrogen) atoms. The van der Waals surface area contributed by atoms with E-state index in [2.05, 4.69) is 20.8 Å². The zero-order chi connectivity index (χ0) is 13.5. The van der Waals surface area contributed by atoms with Gasteiger partial charge in [0.15, 0.2) is 5.82 Å². The first-order valence-electron chi connectivity index (χ1n) is 5.49. The Morgan fingerprint density at radius 3 is 2.72 bits per heavy atom. The second kappa shape index (κ2) is 6.70. The summed E-state index contributed by atoms with van der Waals surface area (Å²) in [6.07, 6.45) is 0.507. The maximum atomic E-state index is 10.8. The third-order valence-corrected chi connectivity index (χ3v) is 2.11. The molecule has 0 aliphatic heterocycles. The highest BCUT2D eigenvalue weighted by atomic mass is 16.5. The van der Waals surface area contributed by atoms with Crippen LogP contribution < -0.4 is 10.6 Å². The van der Waals surface area contributed by atoms with Crippen molar-refractivity contribution in [2.24, 2.45) is 0 Å². The first kappa shape index (κ1) is 14.1. The number of aromatic nitrogens is 2. The van der Waals surface area contributed by atoms with Crippen molar-refractivity contribution in [1.29, 1.82) is 0 Å². The van der Waals surface area contributed by atoms with Gasteiger partial charge in [-0.2, -0.15) is 4.98 Å². The third-order valence-electron chi connectivity index (χ3n) is 2.11. The molecule has 0 aliphatic carbocycles. The van der Waals surface area contributed by atoms with Crippen LogP contribution in [-0.4, -0.2) is 46.3 Å². The van der Waals surface area contributed by atoms with E-state index in [0.717, 1.165) is 0 Å². The SMILES string of the molecule is CC(=O)NC(CNCCc1nc(C)no1)C(=O)O. The van der Waals surface area contributed by atoms with E-state index in [1.54, 1.807) is 6.92 Å². The monoisotopic (exact) mass is 256 g/mol. The number of aliphatic carboxylic acids is 1. The summed E-state index contributed by atoms with van der Waals surface area (Å²) >= 11 is 0. The molecule has 1 heterocycles. The maximum absolute atomic E-state index is 10.8. The van der Waals surface area contributed by atoms with Gasteiger partial charge in [0.25, 0.3) is 0 Å². The van der Waals surface area contributed by atoms with Gasteiger partial charge in [-0.15, -0.1) is 0 Å². The summed E-state index contributed by atoms with van der Waals surface area (Å²) in [5, 5.41) is 17.7. The fraction of sp³-hybridized carbons (Fsp3) is 0.600. The number of carbonyl (C=O) groups excluding carboxylic acids is 1. The van der Waals surface area contributed by atoms with E-state index in [0.29, 0.717) is 24.7 Å². The lowest BCUT2D eigenvalue weighted by Gasteiger charge is -2.13. The van der Waals surface area contributed by atoms with E-state index in [4.69, 9.17) is 9.63 Å². The molecule has 1 amide bonds. The van der Waals surface area contributed by atoms with E-state index in [1.165, 1.54) is 6.92 Å². The molecule has 1 aromatic rings. The Bertz CT molecular complexity index is 418.